The van der Waals surface area contributed by atoms with Crippen LogP contribution in [0.1, 0.15) is 15.9 Å². The van der Waals surface area contributed by atoms with Crippen LogP contribution in [-0.2, 0) is 0 Å². The second-order valence-electron chi connectivity index (χ2n) is 6.18. The van der Waals surface area contributed by atoms with E-state index in [-0.39, 0.29) is 16.9 Å². The predicted molar refractivity (Wildman–Crippen MR) is 107 cm³/mol. The van der Waals surface area contributed by atoms with Gasteiger partial charge in [-0.15, -0.1) is 0 Å². The summed E-state index contributed by atoms with van der Waals surface area (Å²) < 4.78 is 1.52. The van der Waals surface area contributed by atoms with Crippen molar-refractivity contribution in [2.45, 2.75) is 0 Å². The number of nitrogens with zero attached hydrogens (tertiary/aromatic N) is 1. The Kier molecular flexibility index (Phi) is 4.50. The van der Waals surface area contributed by atoms with E-state index >= 15 is 0 Å². The third kappa shape index (κ3) is 3.23. The van der Waals surface area contributed by atoms with E-state index in [0.717, 1.165) is 11.3 Å². The fourth-order valence-electron chi connectivity index (χ4n) is 3.14. The number of aromatic nitrogens is 1. The second-order valence-corrected chi connectivity index (χ2v) is 6.18. The minimum atomic E-state index is -0.323. The van der Waals surface area contributed by atoms with Crippen molar-refractivity contribution in [2.75, 3.05) is 0 Å². The number of pyridine rings is 1. The van der Waals surface area contributed by atoms with Gasteiger partial charge in [-0.25, -0.2) is 0 Å². The van der Waals surface area contributed by atoms with Crippen LogP contribution in [0.4, 0.5) is 0 Å². The lowest BCUT2D eigenvalue weighted by molar-refractivity contribution is 0.103. The van der Waals surface area contributed by atoms with Crippen molar-refractivity contribution in [3.63, 3.8) is 0 Å². The maximum atomic E-state index is 13.3. The summed E-state index contributed by atoms with van der Waals surface area (Å²) in [6, 6.07) is 29.6. The average molecular weight is 351 g/mol. The molecule has 0 aliphatic carbocycles. The van der Waals surface area contributed by atoms with E-state index in [9.17, 15) is 9.59 Å². The minimum absolute atomic E-state index is 0.179. The fraction of sp³-hybridized carbons (Fsp3) is 0. The summed E-state index contributed by atoms with van der Waals surface area (Å²) in [5, 5.41) is 0. The Balaban J connectivity index is 1.98. The highest BCUT2D eigenvalue weighted by molar-refractivity contribution is 6.12. The Morgan fingerprint density at radius 3 is 1.85 bits per heavy atom. The van der Waals surface area contributed by atoms with Crippen LogP contribution in [0.3, 0.4) is 0 Å². The normalized spacial score (nSPS) is 10.5. The molecule has 0 unspecified atom stereocenters. The molecule has 0 fully saturated rings. The summed E-state index contributed by atoms with van der Waals surface area (Å²) in [5.74, 6) is -0.273. The van der Waals surface area contributed by atoms with Crippen LogP contribution in [-0.4, -0.2) is 10.4 Å². The lowest BCUT2D eigenvalue weighted by Crippen LogP contribution is -2.26. The van der Waals surface area contributed by atoms with Crippen molar-refractivity contribution in [2.24, 2.45) is 0 Å². The van der Waals surface area contributed by atoms with Gasteiger partial charge in [0.25, 0.3) is 5.56 Å². The van der Waals surface area contributed by atoms with Crippen molar-refractivity contribution in [1.82, 2.24) is 4.57 Å². The first-order valence-electron chi connectivity index (χ1n) is 8.72. The molecular formula is C24H17NO2. The molecule has 0 amide bonds. The van der Waals surface area contributed by atoms with Gasteiger partial charge in [0.15, 0.2) is 5.78 Å². The highest BCUT2D eigenvalue weighted by atomic mass is 16.1. The molecule has 0 bridgehead atoms. The Labute approximate surface area is 157 Å². The zero-order valence-electron chi connectivity index (χ0n) is 14.6. The van der Waals surface area contributed by atoms with Gasteiger partial charge in [0.2, 0.25) is 0 Å². The van der Waals surface area contributed by atoms with E-state index in [4.69, 9.17) is 0 Å². The lowest BCUT2D eigenvalue weighted by atomic mass is 9.95. The molecular weight excluding hydrogens is 334 g/mol. The first-order valence-corrected chi connectivity index (χ1v) is 8.72. The molecule has 0 spiro atoms. The number of para-hydroxylation sites is 1. The molecule has 4 rings (SSSR count). The van der Waals surface area contributed by atoms with Crippen LogP contribution < -0.4 is 5.56 Å². The van der Waals surface area contributed by atoms with E-state index in [2.05, 4.69) is 0 Å². The van der Waals surface area contributed by atoms with Crippen LogP contribution in [0.25, 0.3) is 16.8 Å². The molecule has 0 atom stereocenters. The summed E-state index contributed by atoms with van der Waals surface area (Å²) in [6.45, 7) is 0. The largest absolute Gasteiger partial charge is 0.288 e. The molecule has 0 saturated carbocycles. The smallest absolute Gasteiger partial charge is 0.266 e. The van der Waals surface area contributed by atoms with Gasteiger partial charge in [0.1, 0.15) is 0 Å². The second kappa shape index (κ2) is 7.26. The van der Waals surface area contributed by atoms with Gasteiger partial charge in [-0.1, -0.05) is 78.9 Å². The SMILES string of the molecule is O=C(c1ccccc1)c1c(-c2ccccc2)ccn(-c2ccccc2)c1=O. The Bertz CT molecular complexity index is 1130. The number of benzene rings is 3. The average Bonchev–Trinajstić information content (AvgIpc) is 2.75. The first-order chi connectivity index (χ1) is 13.3. The molecule has 0 aliphatic heterocycles. The third-order valence-electron chi connectivity index (χ3n) is 4.47. The van der Waals surface area contributed by atoms with Crippen LogP contribution in [0.5, 0.6) is 0 Å². The van der Waals surface area contributed by atoms with Gasteiger partial charge < -0.3 is 0 Å². The Hall–Kier alpha value is -3.72. The summed E-state index contributed by atoms with van der Waals surface area (Å²) >= 11 is 0. The van der Waals surface area contributed by atoms with Crippen LogP contribution in [0.15, 0.2) is 108 Å². The highest BCUT2D eigenvalue weighted by Crippen LogP contribution is 2.24. The molecule has 0 N–H and O–H groups in total. The first kappa shape index (κ1) is 16.7. The fourth-order valence-corrected chi connectivity index (χ4v) is 3.14. The Morgan fingerprint density at radius 1 is 0.667 bits per heavy atom. The quantitative estimate of drug-likeness (QED) is 0.498. The van der Waals surface area contributed by atoms with Gasteiger partial charge in [0.05, 0.1) is 5.56 Å². The monoisotopic (exact) mass is 351 g/mol. The predicted octanol–water partition coefficient (Wildman–Crippen LogP) is 4.74. The molecule has 0 saturated heterocycles. The molecule has 1 aromatic heterocycles. The van der Waals surface area contributed by atoms with Gasteiger partial charge >= 0.3 is 0 Å². The van der Waals surface area contributed by atoms with Crippen molar-refractivity contribution in [3.8, 4) is 16.8 Å². The molecule has 1 heterocycles. The van der Waals surface area contributed by atoms with Crippen molar-refractivity contribution >= 4 is 5.78 Å². The maximum absolute atomic E-state index is 13.3. The summed E-state index contributed by atoms with van der Waals surface area (Å²) in [6.07, 6.45) is 1.72. The zero-order valence-corrected chi connectivity index (χ0v) is 14.6. The summed E-state index contributed by atoms with van der Waals surface area (Å²) in [7, 11) is 0. The van der Waals surface area contributed by atoms with Gasteiger partial charge in [-0.3, -0.25) is 14.2 Å². The van der Waals surface area contributed by atoms with E-state index < -0.39 is 0 Å². The van der Waals surface area contributed by atoms with Crippen molar-refractivity contribution < 1.29 is 4.79 Å². The van der Waals surface area contributed by atoms with Gasteiger partial charge in [-0.05, 0) is 29.3 Å². The van der Waals surface area contributed by atoms with Crippen LogP contribution in [0.2, 0.25) is 0 Å². The highest BCUT2D eigenvalue weighted by Gasteiger charge is 2.20. The number of hydrogen-bond donors (Lipinski definition) is 0. The maximum Gasteiger partial charge on any atom is 0.266 e. The number of ketones is 1. The number of rotatable bonds is 4. The van der Waals surface area contributed by atoms with Crippen LogP contribution in [0, 0.1) is 0 Å². The molecule has 130 valence electrons. The van der Waals surface area contributed by atoms with E-state index in [0.29, 0.717) is 11.1 Å². The number of carbonyl (C=O) groups excluding carboxylic acids is 1. The van der Waals surface area contributed by atoms with E-state index in [1.165, 1.54) is 4.57 Å². The lowest BCUT2D eigenvalue weighted by Gasteiger charge is -2.13. The molecule has 27 heavy (non-hydrogen) atoms. The van der Waals surface area contributed by atoms with Crippen molar-refractivity contribution in [3.05, 3.63) is 125 Å². The van der Waals surface area contributed by atoms with Crippen LogP contribution >= 0.6 is 0 Å². The molecule has 0 radical (unpaired) electrons. The Morgan fingerprint density at radius 2 is 1.22 bits per heavy atom. The third-order valence-corrected chi connectivity index (χ3v) is 4.47. The standard InChI is InChI=1S/C24H17NO2/c26-23(19-12-6-2-7-13-19)22-21(18-10-4-1-5-11-18)16-17-25(24(22)27)20-14-8-3-9-15-20/h1-17H. The van der Waals surface area contributed by atoms with Gasteiger partial charge in [0, 0.05) is 17.4 Å². The zero-order chi connectivity index (χ0) is 18.6. The number of hydrogen-bond acceptors (Lipinski definition) is 2. The van der Waals surface area contributed by atoms with E-state index in [1.807, 2.05) is 72.8 Å². The summed E-state index contributed by atoms with van der Waals surface area (Å²) in [5.41, 5.74) is 2.56. The van der Waals surface area contributed by atoms with E-state index in [1.54, 1.807) is 30.5 Å². The van der Waals surface area contributed by atoms with Crippen molar-refractivity contribution in [1.29, 1.82) is 0 Å². The molecule has 3 aromatic carbocycles. The summed E-state index contributed by atoms with van der Waals surface area (Å²) in [4.78, 5) is 26.6. The topological polar surface area (TPSA) is 39.1 Å². The number of carbonyl (C=O) groups is 1. The van der Waals surface area contributed by atoms with Gasteiger partial charge in [-0.2, -0.15) is 0 Å². The molecule has 4 aromatic rings. The molecule has 3 nitrogen and oxygen atoms in total. The molecule has 0 aliphatic rings. The molecule has 3 heteroatoms. The minimum Gasteiger partial charge on any atom is -0.288 e.